The van der Waals surface area contributed by atoms with Crippen LogP contribution in [-0.2, 0) is 0 Å². The molecule has 0 bridgehead atoms. The van der Waals surface area contributed by atoms with Crippen molar-refractivity contribution in [3.05, 3.63) is 174 Å². The van der Waals surface area contributed by atoms with Gasteiger partial charge in [-0.1, -0.05) is 97.1 Å². The van der Waals surface area contributed by atoms with E-state index < -0.39 is 0 Å². The maximum absolute atomic E-state index is 10.5. The molecule has 9 rings (SSSR count). The molecule has 2 heterocycles. The third-order valence-corrected chi connectivity index (χ3v) is 9.61. The molecule has 0 radical (unpaired) electrons. The van der Waals surface area contributed by atoms with Gasteiger partial charge in [0.25, 0.3) is 0 Å². The van der Waals surface area contributed by atoms with E-state index in [4.69, 9.17) is 6.57 Å². The summed E-state index contributed by atoms with van der Waals surface area (Å²) in [5.74, 6) is 0. The first-order valence-corrected chi connectivity index (χ1v) is 16.3. The molecule has 0 unspecified atom stereocenters. The van der Waals surface area contributed by atoms with E-state index in [0.717, 1.165) is 66.5 Å². The highest BCUT2D eigenvalue weighted by Gasteiger charge is 2.22. The van der Waals surface area contributed by atoms with Crippen molar-refractivity contribution in [2.24, 2.45) is 0 Å². The number of nitrogens with zero attached hydrogens (tertiary/aromatic N) is 5. The summed E-state index contributed by atoms with van der Waals surface area (Å²) < 4.78 is 4.41. The minimum absolute atomic E-state index is 0.488. The fraction of sp³-hybridized carbons (Fsp3) is 0. The number of fused-ring (bicyclic) bond motifs is 6. The van der Waals surface area contributed by atoms with Gasteiger partial charge >= 0.3 is 0 Å². The van der Waals surface area contributed by atoms with Gasteiger partial charge in [-0.25, -0.2) is 4.85 Å². The Morgan fingerprint density at radius 2 is 1.10 bits per heavy atom. The second-order valence-corrected chi connectivity index (χ2v) is 12.2. The number of hydrogen-bond donors (Lipinski definition) is 0. The second-order valence-electron chi connectivity index (χ2n) is 12.2. The van der Waals surface area contributed by atoms with Gasteiger partial charge in [0, 0.05) is 32.8 Å². The Morgan fingerprint density at radius 1 is 0.500 bits per heavy atom. The van der Waals surface area contributed by atoms with Gasteiger partial charge in [0.05, 0.1) is 57.6 Å². The molecule has 0 N–H and O–H groups in total. The zero-order valence-corrected chi connectivity index (χ0v) is 26.7. The summed E-state index contributed by atoms with van der Waals surface area (Å²) in [6, 6.07) is 55.3. The van der Waals surface area contributed by atoms with Crippen LogP contribution < -0.4 is 0 Å². The number of para-hydroxylation sites is 4. The summed E-state index contributed by atoms with van der Waals surface area (Å²) in [5, 5.41) is 24.6. The number of hydrogen-bond acceptors (Lipinski definition) is 2. The maximum Gasteiger partial charge on any atom is 0.211 e. The van der Waals surface area contributed by atoms with Gasteiger partial charge < -0.3 is 9.13 Å². The first-order valence-electron chi connectivity index (χ1n) is 16.3. The molecule has 7 aromatic carbocycles. The third-order valence-electron chi connectivity index (χ3n) is 9.61. The van der Waals surface area contributed by atoms with Crippen LogP contribution in [0.4, 0.5) is 5.69 Å². The average molecular weight is 636 g/mol. The van der Waals surface area contributed by atoms with Crippen LogP contribution in [0.1, 0.15) is 11.1 Å². The molecule has 9 aromatic rings. The second kappa shape index (κ2) is 11.4. The minimum atomic E-state index is 0.488. The highest BCUT2D eigenvalue weighted by Crippen LogP contribution is 2.45. The molecule has 0 atom stereocenters. The van der Waals surface area contributed by atoms with E-state index in [0.29, 0.717) is 16.8 Å². The molecular weight excluding hydrogens is 611 g/mol. The maximum atomic E-state index is 10.5. The van der Waals surface area contributed by atoms with Gasteiger partial charge in [-0.05, 0) is 71.3 Å². The van der Waals surface area contributed by atoms with Crippen molar-refractivity contribution in [1.82, 2.24) is 9.13 Å². The molecule has 0 saturated carbocycles. The van der Waals surface area contributed by atoms with E-state index in [2.05, 4.69) is 98.9 Å². The Morgan fingerprint density at radius 3 is 1.78 bits per heavy atom. The molecule has 0 spiro atoms. The van der Waals surface area contributed by atoms with Crippen LogP contribution in [0.25, 0.3) is 82.1 Å². The molecule has 50 heavy (non-hydrogen) atoms. The van der Waals surface area contributed by atoms with Crippen molar-refractivity contribution < 1.29 is 0 Å². The van der Waals surface area contributed by atoms with Crippen molar-refractivity contribution in [1.29, 1.82) is 10.5 Å². The average Bonchev–Trinajstić information content (AvgIpc) is 3.69. The lowest BCUT2D eigenvalue weighted by Gasteiger charge is -2.19. The van der Waals surface area contributed by atoms with E-state index in [1.54, 1.807) is 0 Å². The zero-order valence-electron chi connectivity index (χ0n) is 26.7. The largest absolute Gasteiger partial charge is 0.318 e. The fourth-order valence-electron chi connectivity index (χ4n) is 7.54. The Bertz CT molecular complexity index is 2920. The number of aromatic nitrogens is 2. The highest BCUT2D eigenvalue weighted by molar-refractivity contribution is 6.12. The topological polar surface area (TPSA) is 61.8 Å². The fourth-order valence-corrected chi connectivity index (χ4v) is 7.54. The van der Waals surface area contributed by atoms with E-state index >= 15 is 0 Å². The molecule has 0 fully saturated rings. The van der Waals surface area contributed by atoms with Gasteiger partial charge in [0.2, 0.25) is 5.69 Å². The molecule has 230 valence electrons. The molecule has 0 saturated heterocycles. The standard InChI is InChI=1S/C45H25N5/c1-48-39-19-10-18-37(45(39)50-42-22-7-4-16-35(42)38-25-29(27-46)23-24-43(38)50)36-17-9-12-31(28-47)44(36)30-11-8-13-32(26-30)49-40-20-5-2-14-33(40)34-15-3-6-21-41(34)49/h2-26H. The summed E-state index contributed by atoms with van der Waals surface area (Å²) in [6.45, 7) is 8.28. The van der Waals surface area contributed by atoms with Crippen LogP contribution in [0.3, 0.4) is 0 Å². The number of nitriles is 2. The monoisotopic (exact) mass is 635 g/mol. The van der Waals surface area contributed by atoms with Crippen molar-refractivity contribution in [2.75, 3.05) is 0 Å². The molecule has 5 heteroatoms. The van der Waals surface area contributed by atoms with Crippen molar-refractivity contribution in [2.45, 2.75) is 0 Å². The van der Waals surface area contributed by atoms with Crippen LogP contribution >= 0.6 is 0 Å². The minimum Gasteiger partial charge on any atom is -0.318 e. The molecule has 0 aliphatic carbocycles. The normalized spacial score (nSPS) is 11.1. The van der Waals surface area contributed by atoms with Crippen LogP contribution in [0.2, 0.25) is 0 Å². The van der Waals surface area contributed by atoms with E-state index in [1.165, 1.54) is 10.8 Å². The molecule has 2 aromatic heterocycles. The summed E-state index contributed by atoms with van der Waals surface area (Å²) >= 11 is 0. The first-order chi connectivity index (χ1) is 24.7. The van der Waals surface area contributed by atoms with Crippen molar-refractivity contribution in [3.8, 4) is 45.8 Å². The predicted octanol–water partition coefficient (Wildman–Crippen LogP) is 11.5. The quantitative estimate of drug-likeness (QED) is 0.181. The van der Waals surface area contributed by atoms with Crippen molar-refractivity contribution >= 4 is 49.3 Å². The summed E-state index contributed by atoms with van der Waals surface area (Å²) in [5.41, 5.74) is 10.8. The van der Waals surface area contributed by atoms with Crippen LogP contribution in [0.15, 0.2) is 152 Å². The zero-order chi connectivity index (χ0) is 33.8. The Labute approximate surface area is 288 Å². The molecule has 0 aliphatic rings. The molecular formula is C45H25N5. The molecule has 5 nitrogen and oxygen atoms in total. The predicted molar refractivity (Wildman–Crippen MR) is 202 cm³/mol. The Hall–Kier alpha value is -7.39. The summed E-state index contributed by atoms with van der Waals surface area (Å²) in [7, 11) is 0. The lowest BCUT2D eigenvalue weighted by molar-refractivity contribution is 1.18. The third kappa shape index (κ3) is 4.24. The first kappa shape index (κ1) is 28.8. The molecule has 0 aliphatic heterocycles. The lowest BCUT2D eigenvalue weighted by Crippen LogP contribution is -2.00. The van der Waals surface area contributed by atoms with Crippen LogP contribution in [0.5, 0.6) is 0 Å². The Kier molecular flexibility index (Phi) is 6.56. The summed E-state index contributed by atoms with van der Waals surface area (Å²) in [6.07, 6.45) is 0. The Balaban J connectivity index is 1.33. The highest BCUT2D eigenvalue weighted by atomic mass is 15.0. The SMILES string of the molecule is [C-]#[N+]c1cccc(-c2cccc(C#N)c2-c2cccc(-n3c4ccccc4c4ccccc43)c2)c1-n1c2ccccc2c2cc(C#N)ccc21. The van der Waals surface area contributed by atoms with Gasteiger partial charge in [-0.3, -0.25) is 0 Å². The van der Waals surface area contributed by atoms with E-state index in [-0.39, 0.29) is 0 Å². The molecule has 0 amide bonds. The number of rotatable bonds is 4. The van der Waals surface area contributed by atoms with Gasteiger partial charge in [-0.2, -0.15) is 10.5 Å². The smallest absolute Gasteiger partial charge is 0.211 e. The van der Waals surface area contributed by atoms with Gasteiger partial charge in [0.1, 0.15) is 0 Å². The van der Waals surface area contributed by atoms with Crippen LogP contribution in [-0.4, -0.2) is 9.13 Å². The number of benzene rings is 7. The van der Waals surface area contributed by atoms with E-state index in [1.807, 2.05) is 78.9 Å². The lowest BCUT2D eigenvalue weighted by atomic mass is 9.89. The summed E-state index contributed by atoms with van der Waals surface area (Å²) in [4.78, 5) is 4.02. The van der Waals surface area contributed by atoms with Gasteiger partial charge in [-0.15, -0.1) is 0 Å². The van der Waals surface area contributed by atoms with Crippen molar-refractivity contribution in [3.63, 3.8) is 0 Å². The van der Waals surface area contributed by atoms with E-state index in [9.17, 15) is 10.5 Å². The van der Waals surface area contributed by atoms with Crippen LogP contribution in [0, 0.1) is 29.2 Å². The van der Waals surface area contributed by atoms with Gasteiger partial charge in [0.15, 0.2) is 0 Å².